The van der Waals surface area contributed by atoms with E-state index in [0.717, 1.165) is 4.31 Å². The number of hydrogen-bond acceptors (Lipinski definition) is 3. The Morgan fingerprint density at radius 1 is 1.29 bits per heavy atom. The summed E-state index contributed by atoms with van der Waals surface area (Å²) in [5, 5.41) is 9.15. The number of aliphatic carboxylic acids is 1. The van der Waals surface area contributed by atoms with Crippen LogP contribution in [0.2, 0.25) is 10.0 Å². The molecule has 1 aromatic rings. The molecule has 9 heteroatoms. The molecule has 0 unspecified atom stereocenters. The van der Waals surface area contributed by atoms with E-state index in [1.807, 2.05) is 0 Å². The summed E-state index contributed by atoms with van der Waals surface area (Å²) in [5.41, 5.74) is 0. The van der Waals surface area contributed by atoms with E-state index in [0.29, 0.717) is 17.3 Å². The zero-order valence-electron chi connectivity index (χ0n) is 10.7. The molecule has 1 saturated heterocycles. The molecule has 1 aliphatic heterocycles. The number of carboxylic acid groups (broad SMARTS) is 1. The first-order valence-electron chi connectivity index (χ1n) is 6.14. The van der Waals surface area contributed by atoms with Gasteiger partial charge in [0.05, 0.1) is 10.0 Å². The highest BCUT2D eigenvalue weighted by Gasteiger charge is 2.39. The van der Waals surface area contributed by atoms with Gasteiger partial charge in [-0.2, -0.15) is 4.31 Å². The van der Waals surface area contributed by atoms with Crippen LogP contribution < -0.4 is 0 Å². The number of benzene rings is 1. The van der Waals surface area contributed by atoms with E-state index < -0.39 is 22.0 Å². The summed E-state index contributed by atoms with van der Waals surface area (Å²) in [4.78, 5) is 11.0. The van der Waals surface area contributed by atoms with E-state index in [1.165, 1.54) is 12.1 Å². The predicted octanol–water partition coefficient (Wildman–Crippen LogP) is 3.38. The minimum atomic E-state index is -4.07. The Kier molecular flexibility index (Phi) is 5.20. The molecule has 0 saturated carbocycles. The molecule has 0 radical (unpaired) electrons. The highest BCUT2D eigenvalue weighted by molar-refractivity contribution is 9.10. The minimum absolute atomic E-state index is 0.0379. The standard InChI is InChI=1S/C12H12BrCl2NO4S/c13-7-5-8(14)11(9(15)6-7)21(19,20)16-4-2-1-3-10(16)12(17)18/h5-6,10H,1-4H2,(H,17,18)/t10-/m1/s1. The Hall–Kier alpha value is -0.340. The molecule has 0 spiro atoms. The van der Waals surface area contributed by atoms with Crippen LogP contribution in [0.4, 0.5) is 0 Å². The molecular formula is C12H12BrCl2NO4S. The second kappa shape index (κ2) is 6.42. The van der Waals surface area contributed by atoms with Gasteiger partial charge in [0.2, 0.25) is 10.0 Å². The second-order valence-electron chi connectivity index (χ2n) is 4.66. The molecule has 21 heavy (non-hydrogen) atoms. The number of sulfonamides is 1. The molecule has 5 nitrogen and oxygen atoms in total. The number of halogens is 3. The Morgan fingerprint density at radius 3 is 2.38 bits per heavy atom. The lowest BCUT2D eigenvalue weighted by Gasteiger charge is -2.32. The van der Waals surface area contributed by atoms with Crippen LogP contribution >= 0.6 is 39.1 Å². The van der Waals surface area contributed by atoms with Gasteiger partial charge in [-0.1, -0.05) is 39.1 Å². The van der Waals surface area contributed by atoms with Crippen molar-refractivity contribution in [2.45, 2.75) is 30.2 Å². The van der Waals surface area contributed by atoms with Crippen molar-refractivity contribution in [3.8, 4) is 0 Å². The third kappa shape index (κ3) is 3.37. The Balaban J connectivity index is 2.53. The number of piperidine rings is 1. The van der Waals surface area contributed by atoms with Gasteiger partial charge < -0.3 is 5.11 Å². The molecule has 1 N–H and O–H groups in total. The summed E-state index contributed by atoms with van der Waals surface area (Å²) in [6.45, 7) is 0.141. The van der Waals surface area contributed by atoms with Crippen molar-refractivity contribution in [2.75, 3.05) is 6.54 Å². The zero-order valence-corrected chi connectivity index (χ0v) is 14.6. The molecule has 1 atom stereocenters. The first-order chi connectivity index (χ1) is 9.75. The maximum absolute atomic E-state index is 12.7. The van der Waals surface area contributed by atoms with Crippen LogP contribution in [0, 0.1) is 0 Å². The van der Waals surface area contributed by atoms with Crippen LogP contribution in [0.15, 0.2) is 21.5 Å². The summed E-state index contributed by atoms with van der Waals surface area (Å²) < 4.78 is 27.0. The molecule has 116 valence electrons. The quantitative estimate of drug-likeness (QED) is 0.819. The first kappa shape index (κ1) is 17.0. The van der Waals surface area contributed by atoms with Crippen molar-refractivity contribution in [1.29, 1.82) is 0 Å². The van der Waals surface area contributed by atoms with Gasteiger partial charge in [0, 0.05) is 11.0 Å². The topological polar surface area (TPSA) is 74.7 Å². The largest absolute Gasteiger partial charge is 0.480 e. The lowest BCUT2D eigenvalue weighted by molar-refractivity contribution is -0.142. The van der Waals surface area contributed by atoms with E-state index >= 15 is 0 Å². The number of carboxylic acids is 1. The first-order valence-corrected chi connectivity index (χ1v) is 9.13. The van der Waals surface area contributed by atoms with Crippen molar-refractivity contribution < 1.29 is 18.3 Å². The second-order valence-corrected chi connectivity index (χ2v) is 8.22. The van der Waals surface area contributed by atoms with E-state index in [4.69, 9.17) is 23.2 Å². The van der Waals surface area contributed by atoms with Gasteiger partial charge in [-0.3, -0.25) is 4.79 Å². The summed E-state index contributed by atoms with van der Waals surface area (Å²) in [6, 6.07) is 1.75. The van der Waals surface area contributed by atoms with Crippen molar-refractivity contribution in [1.82, 2.24) is 4.31 Å². The van der Waals surface area contributed by atoms with Crippen LogP contribution in [-0.2, 0) is 14.8 Å². The van der Waals surface area contributed by atoms with Crippen LogP contribution in [0.1, 0.15) is 19.3 Å². The van der Waals surface area contributed by atoms with Crippen molar-refractivity contribution >= 4 is 55.1 Å². The summed E-state index contributed by atoms with van der Waals surface area (Å²) in [5.74, 6) is -1.16. The maximum atomic E-state index is 12.7. The molecule has 0 amide bonds. The van der Waals surface area contributed by atoms with Gasteiger partial charge in [-0.05, 0) is 31.4 Å². The maximum Gasteiger partial charge on any atom is 0.322 e. The Bertz CT molecular complexity index is 657. The van der Waals surface area contributed by atoms with Crippen molar-refractivity contribution in [3.63, 3.8) is 0 Å². The molecular weight excluding hydrogens is 405 g/mol. The van der Waals surface area contributed by atoms with Gasteiger partial charge in [-0.25, -0.2) is 8.42 Å². The fourth-order valence-electron chi connectivity index (χ4n) is 2.33. The van der Waals surface area contributed by atoms with E-state index in [1.54, 1.807) is 0 Å². The van der Waals surface area contributed by atoms with E-state index in [-0.39, 0.29) is 27.9 Å². The summed E-state index contributed by atoms with van der Waals surface area (Å²) in [7, 11) is -4.07. The fourth-order valence-corrected chi connectivity index (χ4v) is 5.87. The number of nitrogens with zero attached hydrogens (tertiary/aromatic N) is 1. The monoisotopic (exact) mass is 415 g/mol. The number of carbonyl (C=O) groups is 1. The Morgan fingerprint density at radius 2 is 1.86 bits per heavy atom. The lowest BCUT2D eigenvalue weighted by atomic mass is 10.1. The fraction of sp³-hybridized carbons (Fsp3) is 0.417. The van der Waals surface area contributed by atoms with Crippen LogP contribution in [0.3, 0.4) is 0 Å². The molecule has 1 aromatic carbocycles. The molecule has 2 rings (SSSR count). The highest BCUT2D eigenvalue weighted by atomic mass is 79.9. The van der Waals surface area contributed by atoms with Crippen molar-refractivity contribution in [2.24, 2.45) is 0 Å². The average Bonchev–Trinajstić information content (AvgIpc) is 2.37. The van der Waals surface area contributed by atoms with E-state index in [2.05, 4.69) is 15.9 Å². The smallest absolute Gasteiger partial charge is 0.322 e. The van der Waals surface area contributed by atoms with Crippen LogP contribution in [0.5, 0.6) is 0 Å². The molecule has 0 aromatic heterocycles. The molecule has 0 bridgehead atoms. The molecule has 1 aliphatic rings. The number of rotatable bonds is 3. The van der Waals surface area contributed by atoms with Crippen LogP contribution in [-0.4, -0.2) is 36.4 Å². The van der Waals surface area contributed by atoms with Crippen LogP contribution in [0.25, 0.3) is 0 Å². The molecule has 0 aliphatic carbocycles. The highest BCUT2D eigenvalue weighted by Crippen LogP contribution is 2.36. The van der Waals surface area contributed by atoms with Crippen molar-refractivity contribution in [3.05, 3.63) is 26.7 Å². The molecule has 1 heterocycles. The zero-order chi connectivity index (χ0) is 15.8. The SMILES string of the molecule is O=C(O)[C@H]1CCCCN1S(=O)(=O)c1c(Cl)cc(Br)cc1Cl. The third-order valence-corrected chi connectivity index (χ3v) is 6.56. The van der Waals surface area contributed by atoms with Gasteiger partial charge in [0.25, 0.3) is 0 Å². The van der Waals surface area contributed by atoms with Gasteiger partial charge in [0.15, 0.2) is 0 Å². The van der Waals surface area contributed by atoms with Gasteiger partial charge >= 0.3 is 5.97 Å². The lowest BCUT2D eigenvalue weighted by Crippen LogP contribution is -2.47. The third-order valence-electron chi connectivity index (χ3n) is 3.27. The summed E-state index contributed by atoms with van der Waals surface area (Å²) in [6.07, 6.45) is 1.56. The van der Waals surface area contributed by atoms with Gasteiger partial charge in [0.1, 0.15) is 10.9 Å². The number of hydrogen-bond donors (Lipinski definition) is 1. The predicted molar refractivity (Wildman–Crippen MR) is 83.3 cm³/mol. The summed E-state index contributed by atoms with van der Waals surface area (Å²) >= 11 is 15.2. The van der Waals surface area contributed by atoms with E-state index in [9.17, 15) is 18.3 Å². The Labute approximate surface area is 141 Å². The molecule has 1 fully saturated rings. The average molecular weight is 417 g/mol. The van der Waals surface area contributed by atoms with Gasteiger partial charge in [-0.15, -0.1) is 0 Å². The minimum Gasteiger partial charge on any atom is -0.480 e. The normalized spacial score (nSPS) is 20.4.